The van der Waals surface area contributed by atoms with E-state index in [9.17, 15) is 19.1 Å². The van der Waals surface area contributed by atoms with Gasteiger partial charge in [0, 0.05) is 0 Å². The fourth-order valence-electron chi connectivity index (χ4n) is 3.51. The van der Waals surface area contributed by atoms with Crippen LogP contribution in [0.15, 0.2) is 30.4 Å². The minimum absolute atomic E-state index is 0.0665. The zero-order valence-corrected chi connectivity index (χ0v) is 11.5. The average Bonchev–Trinajstić information content (AvgIpc) is 3.03. The summed E-state index contributed by atoms with van der Waals surface area (Å²) in [7, 11) is 0. The van der Waals surface area contributed by atoms with Crippen LogP contribution in [0.1, 0.15) is 12.0 Å². The number of nitrogens with one attached hydrogen (secondary N) is 1. The van der Waals surface area contributed by atoms with Crippen LogP contribution in [0.5, 0.6) is 0 Å². The summed E-state index contributed by atoms with van der Waals surface area (Å²) < 4.78 is 13.8. The van der Waals surface area contributed by atoms with Gasteiger partial charge in [0.05, 0.1) is 17.5 Å². The SMILES string of the molecule is Cc1cccc(F)c1NC(=O)C1C2C=CC(C2)C1C(=O)O. The van der Waals surface area contributed by atoms with E-state index in [0.717, 1.165) is 0 Å². The van der Waals surface area contributed by atoms with Crippen LogP contribution in [-0.2, 0) is 9.59 Å². The van der Waals surface area contributed by atoms with Crippen molar-refractivity contribution < 1.29 is 19.1 Å². The molecule has 3 rings (SSSR count). The van der Waals surface area contributed by atoms with Crippen LogP contribution in [0.3, 0.4) is 0 Å². The molecule has 2 aliphatic rings. The fourth-order valence-corrected chi connectivity index (χ4v) is 3.51. The monoisotopic (exact) mass is 289 g/mol. The molecule has 5 heteroatoms. The predicted molar refractivity (Wildman–Crippen MR) is 75.1 cm³/mol. The normalized spacial score (nSPS) is 29.6. The van der Waals surface area contributed by atoms with Gasteiger partial charge >= 0.3 is 5.97 Å². The van der Waals surface area contributed by atoms with E-state index in [0.29, 0.717) is 12.0 Å². The van der Waals surface area contributed by atoms with Crippen LogP contribution in [0.2, 0.25) is 0 Å². The van der Waals surface area contributed by atoms with Crippen LogP contribution < -0.4 is 5.32 Å². The van der Waals surface area contributed by atoms with Crippen LogP contribution in [-0.4, -0.2) is 17.0 Å². The number of hydrogen-bond donors (Lipinski definition) is 2. The summed E-state index contributed by atoms with van der Waals surface area (Å²) >= 11 is 0. The first-order valence-electron chi connectivity index (χ1n) is 6.96. The van der Waals surface area contributed by atoms with Crippen LogP contribution in [0.4, 0.5) is 10.1 Å². The maximum Gasteiger partial charge on any atom is 0.307 e. The number of para-hydroxylation sites is 1. The van der Waals surface area contributed by atoms with Gasteiger partial charge in [-0.25, -0.2) is 4.39 Å². The zero-order valence-electron chi connectivity index (χ0n) is 11.5. The number of allylic oxidation sites excluding steroid dienone is 2. The number of halogens is 1. The molecule has 1 fully saturated rings. The minimum Gasteiger partial charge on any atom is -0.481 e. The van der Waals surface area contributed by atoms with E-state index in [1.165, 1.54) is 6.07 Å². The Balaban J connectivity index is 1.85. The van der Waals surface area contributed by atoms with Gasteiger partial charge in [0.2, 0.25) is 5.91 Å². The predicted octanol–water partition coefficient (Wildman–Crippen LogP) is 2.60. The summed E-state index contributed by atoms with van der Waals surface area (Å²) in [4.78, 5) is 23.9. The molecule has 0 saturated heterocycles. The van der Waals surface area contributed by atoms with Crippen molar-refractivity contribution in [3.05, 3.63) is 41.7 Å². The minimum atomic E-state index is -0.961. The lowest BCUT2D eigenvalue weighted by atomic mass is 9.82. The van der Waals surface area contributed by atoms with E-state index in [4.69, 9.17) is 0 Å². The summed E-state index contributed by atoms with van der Waals surface area (Å²) in [5, 5.41) is 11.9. The second kappa shape index (κ2) is 4.98. The molecule has 2 aliphatic carbocycles. The Morgan fingerprint density at radius 2 is 1.90 bits per heavy atom. The van der Waals surface area contributed by atoms with E-state index in [1.807, 2.05) is 12.2 Å². The number of benzene rings is 1. The quantitative estimate of drug-likeness (QED) is 0.841. The van der Waals surface area contributed by atoms with Gasteiger partial charge in [0.1, 0.15) is 5.82 Å². The first kappa shape index (κ1) is 13.8. The summed E-state index contributed by atoms with van der Waals surface area (Å²) in [5.41, 5.74) is 0.757. The fraction of sp³-hybridized carbons (Fsp3) is 0.375. The molecule has 0 radical (unpaired) electrons. The van der Waals surface area contributed by atoms with Crippen molar-refractivity contribution in [3.8, 4) is 0 Å². The van der Waals surface area contributed by atoms with Gasteiger partial charge in [-0.2, -0.15) is 0 Å². The van der Waals surface area contributed by atoms with E-state index < -0.39 is 29.5 Å². The van der Waals surface area contributed by atoms with Crippen molar-refractivity contribution >= 4 is 17.6 Å². The topological polar surface area (TPSA) is 66.4 Å². The van der Waals surface area contributed by atoms with Crippen molar-refractivity contribution in [2.75, 3.05) is 5.32 Å². The van der Waals surface area contributed by atoms with Crippen molar-refractivity contribution in [2.45, 2.75) is 13.3 Å². The number of carboxylic acids is 1. The summed E-state index contributed by atoms with van der Waals surface area (Å²) in [6.45, 7) is 1.70. The van der Waals surface area contributed by atoms with E-state index in [1.54, 1.807) is 19.1 Å². The van der Waals surface area contributed by atoms with Gasteiger partial charge in [-0.3, -0.25) is 9.59 Å². The molecule has 1 amide bonds. The van der Waals surface area contributed by atoms with Gasteiger partial charge in [0.15, 0.2) is 0 Å². The number of fused-ring (bicyclic) bond motifs is 2. The summed E-state index contributed by atoms with van der Waals surface area (Å²) in [6, 6.07) is 4.55. The van der Waals surface area contributed by atoms with Crippen molar-refractivity contribution in [1.29, 1.82) is 0 Å². The van der Waals surface area contributed by atoms with Crippen LogP contribution >= 0.6 is 0 Å². The Morgan fingerprint density at radius 3 is 2.52 bits per heavy atom. The molecular formula is C16H16FNO3. The Kier molecular flexibility index (Phi) is 3.27. The molecular weight excluding hydrogens is 273 g/mol. The van der Waals surface area contributed by atoms with Gasteiger partial charge in [-0.1, -0.05) is 24.3 Å². The molecule has 110 valence electrons. The van der Waals surface area contributed by atoms with Crippen molar-refractivity contribution in [1.82, 2.24) is 0 Å². The molecule has 0 aliphatic heterocycles. The van der Waals surface area contributed by atoms with Crippen LogP contribution in [0.25, 0.3) is 0 Å². The maximum atomic E-state index is 13.8. The highest BCUT2D eigenvalue weighted by Gasteiger charge is 2.51. The first-order valence-corrected chi connectivity index (χ1v) is 6.96. The molecule has 4 unspecified atom stereocenters. The van der Waals surface area contributed by atoms with E-state index >= 15 is 0 Å². The second-order valence-electron chi connectivity index (χ2n) is 5.76. The molecule has 4 atom stereocenters. The first-order chi connectivity index (χ1) is 9.99. The Hall–Kier alpha value is -2.17. The molecule has 1 aromatic rings. The third kappa shape index (κ3) is 2.22. The standard InChI is InChI=1S/C16H16FNO3/c1-8-3-2-4-11(17)14(8)18-15(19)12-9-5-6-10(7-9)13(12)16(20)21/h2-6,9-10,12-13H,7H2,1H3,(H,18,19)(H,20,21). The number of carboxylic acid groups (broad SMARTS) is 1. The molecule has 21 heavy (non-hydrogen) atoms. The van der Waals surface area contributed by atoms with Crippen molar-refractivity contribution in [2.24, 2.45) is 23.7 Å². The average molecular weight is 289 g/mol. The van der Waals surface area contributed by atoms with Crippen molar-refractivity contribution in [3.63, 3.8) is 0 Å². The Labute approximate surface area is 121 Å². The number of hydrogen-bond acceptors (Lipinski definition) is 2. The highest BCUT2D eigenvalue weighted by molar-refractivity contribution is 5.97. The Morgan fingerprint density at radius 1 is 1.24 bits per heavy atom. The Bertz CT molecular complexity index is 620. The van der Waals surface area contributed by atoms with Gasteiger partial charge in [0.25, 0.3) is 0 Å². The molecule has 4 nitrogen and oxygen atoms in total. The lowest BCUT2D eigenvalue weighted by molar-refractivity contribution is -0.146. The highest BCUT2D eigenvalue weighted by atomic mass is 19.1. The molecule has 2 bridgehead atoms. The van der Waals surface area contributed by atoms with Crippen LogP contribution in [0, 0.1) is 36.4 Å². The number of aryl methyl sites for hydroxylation is 1. The molecule has 0 heterocycles. The number of carbonyl (C=O) groups is 2. The molecule has 2 N–H and O–H groups in total. The van der Waals surface area contributed by atoms with E-state index in [2.05, 4.69) is 5.32 Å². The van der Waals surface area contributed by atoms with Gasteiger partial charge in [-0.15, -0.1) is 0 Å². The van der Waals surface area contributed by atoms with Gasteiger partial charge in [-0.05, 0) is 36.8 Å². The number of anilines is 1. The molecule has 0 spiro atoms. The third-order valence-electron chi connectivity index (χ3n) is 4.52. The molecule has 1 saturated carbocycles. The summed E-state index contributed by atoms with van der Waals surface area (Å²) in [6.07, 6.45) is 4.47. The number of aliphatic carboxylic acids is 1. The number of carbonyl (C=O) groups excluding carboxylic acids is 1. The zero-order chi connectivity index (χ0) is 15.1. The highest BCUT2D eigenvalue weighted by Crippen LogP contribution is 2.48. The lowest BCUT2D eigenvalue weighted by Gasteiger charge is -2.24. The summed E-state index contributed by atoms with van der Waals surface area (Å²) in [5.74, 6) is -3.38. The molecule has 1 aromatic carbocycles. The smallest absolute Gasteiger partial charge is 0.307 e. The second-order valence-corrected chi connectivity index (χ2v) is 5.76. The largest absolute Gasteiger partial charge is 0.481 e. The molecule has 0 aromatic heterocycles. The lowest BCUT2D eigenvalue weighted by Crippen LogP contribution is -2.36. The van der Waals surface area contributed by atoms with E-state index in [-0.39, 0.29) is 17.5 Å². The number of rotatable bonds is 3. The third-order valence-corrected chi connectivity index (χ3v) is 4.52. The maximum absolute atomic E-state index is 13.8. The van der Waals surface area contributed by atoms with Gasteiger partial charge < -0.3 is 10.4 Å². The number of amides is 1.